The molecule has 0 aliphatic heterocycles. The van der Waals surface area contributed by atoms with Gasteiger partial charge in [-0.2, -0.15) is 4.98 Å². The maximum absolute atomic E-state index is 6.06. The van der Waals surface area contributed by atoms with Crippen molar-refractivity contribution < 1.29 is 0 Å². The van der Waals surface area contributed by atoms with Crippen LogP contribution >= 0.6 is 11.6 Å². The van der Waals surface area contributed by atoms with E-state index >= 15 is 0 Å². The van der Waals surface area contributed by atoms with Crippen LogP contribution in [0.3, 0.4) is 0 Å². The van der Waals surface area contributed by atoms with Gasteiger partial charge in [-0.05, 0) is 43.9 Å². The van der Waals surface area contributed by atoms with Crippen LogP contribution in [0.15, 0.2) is 42.7 Å². The van der Waals surface area contributed by atoms with Gasteiger partial charge in [-0.3, -0.25) is 4.40 Å². The van der Waals surface area contributed by atoms with E-state index in [0.717, 1.165) is 28.5 Å². The number of hydrogen-bond donors (Lipinski definition) is 1. The fourth-order valence-electron chi connectivity index (χ4n) is 3.55. The summed E-state index contributed by atoms with van der Waals surface area (Å²) >= 11 is 6.06. The topological polar surface area (TPSA) is 42.2 Å². The van der Waals surface area contributed by atoms with Crippen LogP contribution in [0.4, 0.5) is 5.82 Å². The SMILES string of the molecule is CC(C)(C)CC(C)(C)Nc1nc2ncccn2c1-c1ccc(Cl)cc1. The van der Waals surface area contributed by atoms with E-state index in [0.29, 0.717) is 5.78 Å². The molecule has 132 valence electrons. The van der Waals surface area contributed by atoms with Gasteiger partial charge < -0.3 is 5.32 Å². The maximum atomic E-state index is 6.06. The molecule has 0 saturated carbocycles. The number of hydrogen-bond acceptors (Lipinski definition) is 3. The Labute approximate surface area is 154 Å². The molecule has 1 aromatic carbocycles. The summed E-state index contributed by atoms with van der Waals surface area (Å²) in [5, 5.41) is 4.36. The Hall–Kier alpha value is -2.07. The highest BCUT2D eigenvalue weighted by Gasteiger charge is 2.28. The van der Waals surface area contributed by atoms with E-state index in [9.17, 15) is 0 Å². The molecular weight excluding hydrogens is 332 g/mol. The Morgan fingerprint density at radius 1 is 1.08 bits per heavy atom. The summed E-state index contributed by atoms with van der Waals surface area (Å²) in [5.41, 5.74) is 2.17. The summed E-state index contributed by atoms with van der Waals surface area (Å²) in [6.45, 7) is 11.2. The van der Waals surface area contributed by atoms with Gasteiger partial charge in [0.2, 0.25) is 5.78 Å². The van der Waals surface area contributed by atoms with Gasteiger partial charge in [-0.15, -0.1) is 0 Å². The van der Waals surface area contributed by atoms with Crippen molar-refractivity contribution in [1.29, 1.82) is 0 Å². The second-order valence-corrected chi connectivity index (χ2v) is 8.79. The first-order chi connectivity index (χ1) is 11.6. The molecule has 0 fully saturated rings. The summed E-state index contributed by atoms with van der Waals surface area (Å²) in [5.74, 6) is 1.52. The fraction of sp³-hybridized carbons (Fsp3) is 0.400. The first-order valence-corrected chi connectivity index (χ1v) is 8.90. The average molecular weight is 357 g/mol. The highest BCUT2D eigenvalue weighted by atomic mass is 35.5. The van der Waals surface area contributed by atoms with Crippen LogP contribution in [0, 0.1) is 5.41 Å². The number of imidazole rings is 1. The van der Waals surface area contributed by atoms with Crippen LogP contribution in [0.25, 0.3) is 17.0 Å². The van der Waals surface area contributed by atoms with Gasteiger partial charge in [-0.1, -0.05) is 44.5 Å². The van der Waals surface area contributed by atoms with Crippen molar-refractivity contribution in [3.8, 4) is 11.3 Å². The predicted molar refractivity (Wildman–Crippen MR) is 105 cm³/mol. The van der Waals surface area contributed by atoms with Crippen molar-refractivity contribution >= 4 is 23.2 Å². The zero-order chi connectivity index (χ0) is 18.2. The van der Waals surface area contributed by atoms with Gasteiger partial charge in [0.25, 0.3) is 0 Å². The number of halogens is 1. The van der Waals surface area contributed by atoms with Gasteiger partial charge in [0.1, 0.15) is 0 Å². The normalized spacial score (nSPS) is 12.6. The molecule has 2 heterocycles. The molecule has 0 aliphatic carbocycles. The molecule has 0 bridgehead atoms. The molecule has 3 aromatic rings. The number of anilines is 1. The summed E-state index contributed by atoms with van der Waals surface area (Å²) < 4.78 is 2.01. The van der Waals surface area contributed by atoms with Crippen LogP contribution in [0.2, 0.25) is 5.02 Å². The molecule has 0 aliphatic rings. The molecule has 0 radical (unpaired) electrons. The standard InChI is InChI=1S/C20H25ClN4/c1-19(2,3)13-20(4,5)24-17-16(14-7-9-15(21)10-8-14)25-12-6-11-22-18(25)23-17/h6-12,24H,13H2,1-5H3. The van der Waals surface area contributed by atoms with Gasteiger partial charge >= 0.3 is 0 Å². The Balaban J connectivity index is 2.09. The first-order valence-electron chi connectivity index (χ1n) is 8.52. The third kappa shape index (κ3) is 4.13. The number of nitrogens with one attached hydrogen (secondary N) is 1. The number of rotatable bonds is 4. The first kappa shape index (κ1) is 17.7. The highest BCUT2D eigenvalue weighted by Crippen LogP contribution is 2.34. The van der Waals surface area contributed by atoms with Gasteiger partial charge in [0.05, 0.1) is 5.69 Å². The lowest BCUT2D eigenvalue weighted by Gasteiger charge is -2.33. The zero-order valence-electron chi connectivity index (χ0n) is 15.5. The van der Waals surface area contributed by atoms with Crippen molar-refractivity contribution in [2.75, 3.05) is 5.32 Å². The third-order valence-electron chi connectivity index (χ3n) is 3.95. The lowest BCUT2D eigenvalue weighted by molar-refractivity contribution is 0.302. The molecule has 0 atom stereocenters. The van der Waals surface area contributed by atoms with E-state index in [4.69, 9.17) is 16.6 Å². The smallest absolute Gasteiger partial charge is 0.236 e. The molecule has 4 nitrogen and oxygen atoms in total. The lowest BCUT2D eigenvalue weighted by Crippen LogP contribution is -2.35. The molecule has 0 saturated heterocycles. The molecule has 3 rings (SSSR count). The lowest BCUT2D eigenvalue weighted by atomic mass is 9.82. The Kier molecular flexibility index (Phi) is 4.50. The van der Waals surface area contributed by atoms with Gasteiger partial charge in [-0.25, -0.2) is 4.98 Å². The number of benzene rings is 1. The van der Waals surface area contributed by atoms with E-state index in [-0.39, 0.29) is 11.0 Å². The number of aromatic nitrogens is 3. The van der Waals surface area contributed by atoms with Crippen molar-refractivity contribution in [1.82, 2.24) is 14.4 Å². The predicted octanol–water partition coefficient (Wildman–Crippen LogP) is 5.68. The monoisotopic (exact) mass is 356 g/mol. The number of nitrogens with zero attached hydrogens (tertiary/aromatic N) is 3. The summed E-state index contributed by atoms with van der Waals surface area (Å²) in [6, 6.07) is 9.74. The molecule has 1 N–H and O–H groups in total. The second-order valence-electron chi connectivity index (χ2n) is 8.35. The van der Waals surface area contributed by atoms with Crippen LogP contribution in [-0.2, 0) is 0 Å². The minimum absolute atomic E-state index is 0.0998. The third-order valence-corrected chi connectivity index (χ3v) is 4.20. The summed E-state index contributed by atoms with van der Waals surface area (Å²) in [4.78, 5) is 9.13. The summed E-state index contributed by atoms with van der Waals surface area (Å²) in [7, 11) is 0. The van der Waals surface area contributed by atoms with Crippen LogP contribution < -0.4 is 5.32 Å². The van der Waals surface area contributed by atoms with Crippen molar-refractivity contribution in [3.05, 3.63) is 47.7 Å². The Morgan fingerprint density at radius 3 is 2.40 bits per heavy atom. The van der Waals surface area contributed by atoms with E-state index in [1.165, 1.54) is 0 Å². The Bertz CT molecular complexity index is 873. The molecule has 0 spiro atoms. The van der Waals surface area contributed by atoms with Gasteiger partial charge in [0, 0.05) is 28.5 Å². The minimum atomic E-state index is -0.0998. The van der Waals surface area contributed by atoms with Crippen LogP contribution in [-0.4, -0.2) is 19.9 Å². The quantitative estimate of drug-likeness (QED) is 0.654. The van der Waals surface area contributed by atoms with Gasteiger partial charge in [0.15, 0.2) is 5.82 Å². The molecule has 0 amide bonds. The number of fused-ring (bicyclic) bond motifs is 1. The molecule has 5 heteroatoms. The van der Waals surface area contributed by atoms with Crippen molar-refractivity contribution in [2.45, 2.75) is 46.6 Å². The molecular formula is C20H25ClN4. The fourth-order valence-corrected chi connectivity index (χ4v) is 3.67. The van der Waals surface area contributed by atoms with Crippen LogP contribution in [0.5, 0.6) is 0 Å². The molecule has 2 aromatic heterocycles. The maximum Gasteiger partial charge on any atom is 0.236 e. The van der Waals surface area contributed by atoms with Crippen LogP contribution in [0.1, 0.15) is 41.0 Å². The van der Waals surface area contributed by atoms with Crippen molar-refractivity contribution in [3.63, 3.8) is 0 Å². The minimum Gasteiger partial charge on any atom is -0.363 e. The summed E-state index contributed by atoms with van der Waals surface area (Å²) in [6.07, 6.45) is 4.76. The Morgan fingerprint density at radius 2 is 1.76 bits per heavy atom. The second kappa shape index (κ2) is 6.34. The van der Waals surface area contributed by atoms with E-state index in [1.54, 1.807) is 6.20 Å². The average Bonchev–Trinajstić information content (AvgIpc) is 2.82. The zero-order valence-corrected chi connectivity index (χ0v) is 16.2. The van der Waals surface area contributed by atoms with E-state index in [2.05, 4.69) is 44.9 Å². The largest absolute Gasteiger partial charge is 0.363 e. The van der Waals surface area contributed by atoms with E-state index in [1.807, 2.05) is 40.9 Å². The molecule has 25 heavy (non-hydrogen) atoms. The van der Waals surface area contributed by atoms with E-state index < -0.39 is 0 Å². The highest BCUT2D eigenvalue weighted by molar-refractivity contribution is 6.30. The van der Waals surface area contributed by atoms with Crippen molar-refractivity contribution in [2.24, 2.45) is 5.41 Å². The molecule has 0 unspecified atom stereocenters.